The molecule has 2 aromatic heterocycles. The zero-order valence-electron chi connectivity index (χ0n) is 18.0. The zero-order valence-corrected chi connectivity index (χ0v) is 18.0. The number of nitriles is 1. The van der Waals surface area contributed by atoms with Crippen molar-refractivity contribution in [2.75, 3.05) is 13.1 Å². The number of aromatic nitrogens is 3. The predicted molar refractivity (Wildman–Crippen MR) is 120 cm³/mol. The number of carbonyl (C=O) groups is 1. The van der Waals surface area contributed by atoms with Gasteiger partial charge in [-0.25, -0.2) is 9.97 Å². The van der Waals surface area contributed by atoms with E-state index in [0.717, 1.165) is 11.3 Å². The van der Waals surface area contributed by atoms with Crippen molar-refractivity contribution in [2.24, 2.45) is 10.4 Å². The molecule has 1 fully saturated rings. The quantitative estimate of drug-likeness (QED) is 0.659. The first-order valence-corrected chi connectivity index (χ1v) is 10.2. The first kappa shape index (κ1) is 22.0. The summed E-state index contributed by atoms with van der Waals surface area (Å²) >= 11 is 0. The van der Waals surface area contributed by atoms with E-state index in [9.17, 15) is 10.1 Å². The Balaban J connectivity index is 1.74. The van der Waals surface area contributed by atoms with Crippen LogP contribution in [-0.2, 0) is 0 Å². The van der Waals surface area contributed by atoms with Gasteiger partial charge in [-0.1, -0.05) is 12.7 Å². The average molecular weight is 415 g/mol. The Morgan fingerprint density at radius 2 is 2.10 bits per heavy atom. The van der Waals surface area contributed by atoms with Gasteiger partial charge >= 0.3 is 0 Å². The summed E-state index contributed by atoms with van der Waals surface area (Å²) in [5, 5.41) is 9.93. The van der Waals surface area contributed by atoms with E-state index in [0.29, 0.717) is 49.3 Å². The van der Waals surface area contributed by atoms with Crippen LogP contribution in [0, 0.1) is 16.7 Å². The third-order valence-electron chi connectivity index (χ3n) is 5.47. The number of pyridine rings is 1. The van der Waals surface area contributed by atoms with E-state index in [1.807, 2.05) is 19.9 Å². The van der Waals surface area contributed by atoms with Gasteiger partial charge in [0.15, 0.2) is 0 Å². The molecule has 3 heterocycles. The number of allylic oxidation sites excluding steroid dienone is 3. The molecule has 0 spiro atoms. The molecule has 3 rings (SSSR count). The number of amides is 1. The highest BCUT2D eigenvalue weighted by Gasteiger charge is 2.37. The fourth-order valence-electron chi connectivity index (χ4n) is 3.66. The molecule has 0 aliphatic carbocycles. The first-order valence-electron chi connectivity index (χ1n) is 10.2. The highest BCUT2D eigenvalue weighted by atomic mass is 16.2. The molecule has 0 unspecified atom stereocenters. The second-order valence-electron chi connectivity index (χ2n) is 7.71. The lowest BCUT2D eigenvalue weighted by Gasteiger charge is -2.37. The van der Waals surface area contributed by atoms with Crippen molar-refractivity contribution in [2.45, 2.75) is 33.1 Å². The van der Waals surface area contributed by atoms with E-state index < -0.39 is 5.41 Å². The second-order valence-corrected chi connectivity index (χ2v) is 7.71. The lowest BCUT2D eigenvalue weighted by atomic mass is 9.75. The van der Waals surface area contributed by atoms with Crippen LogP contribution in [0.5, 0.6) is 0 Å². The van der Waals surface area contributed by atoms with Gasteiger partial charge in [-0.05, 0) is 56.9 Å². The van der Waals surface area contributed by atoms with Crippen LogP contribution >= 0.6 is 0 Å². The van der Waals surface area contributed by atoms with Gasteiger partial charge in [0.25, 0.3) is 5.91 Å². The molecule has 1 aliphatic heterocycles. The SMILES string of the molecule is C=C(C)N=C/C(=C\C)CC1(C#N)CCN(C(=O)c2cccnc2-c2ccncn2)CC1. The maximum absolute atomic E-state index is 13.3. The molecule has 0 radical (unpaired) electrons. The van der Waals surface area contributed by atoms with Gasteiger partial charge in [0, 0.05) is 37.4 Å². The zero-order chi connectivity index (χ0) is 22.3. The van der Waals surface area contributed by atoms with Crippen LogP contribution in [0.25, 0.3) is 11.4 Å². The summed E-state index contributed by atoms with van der Waals surface area (Å²) in [5.41, 5.74) is 2.87. The molecule has 0 saturated carbocycles. The van der Waals surface area contributed by atoms with Gasteiger partial charge < -0.3 is 4.90 Å². The Kier molecular flexibility index (Phi) is 7.03. The van der Waals surface area contributed by atoms with E-state index in [4.69, 9.17) is 0 Å². The van der Waals surface area contributed by atoms with Gasteiger partial charge in [0.05, 0.1) is 22.7 Å². The maximum Gasteiger partial charge on any atom is 0.256 e. The molecule has 0 aromatic carbocycles. The van der Waals surface area contributed by atoms with Crippen LogP contribution in [0.2, 0.25) is 0 Å². The van der Waals surface area contributed by atoms with E-state index in [1.54, 1.807) is 41.7 Å². The number of likely N-dealkylation sites (tertiary alicyclic amines) is 1. The summed E-state index contributed by atoms with van der Waals surface area (Å²) in [5.74, 6) is -0.0941. The van der Waals surface area contributed by atoms with Gasteiger partial charge in [0.1, 0.15) is 12.0 Å². The van der Waals surface area contributed by atoms with Crippen LogP contribution in [0.3, 0.4) is 0 Å². The Hall–Kier alpha value is -3.66. The molecule has 1 aliphatic rings. The number of hydrogen-bond donors (Lipinski definition) is 0. The van der Waals surface area contributed by atoms with Crippen molar-refractivity contribution in [3.05, 3.63) is 66.4 Å². The minimum absolute atomic E-state index is 0.0941. The normalized spacial score (nSPS) is 16.2. The minimum atomic E-state index is -0.510. The van der Waals surface area contributed by atoms with Crippen molar-refractivity contribution in [3.8, 4) is 17.5 Å². The summed E-state index contributed by atoms with van der Waals surface area (Å²) < 4.78 is 0. The third kappa shape index (κ3) is 5.28. The molecule has 2 aromatic rings. The summed E-state index contributed by atoms with van der Waals surface area (Å²) in [6.07, 6.45) is 10.3. The molecule has 158 valence electrons. The molecule has 0 N–H and O–H groups in total. The Morgan fingerprint density at radius 3 is 2.71 bits per heavy atom. The first-order chi connectivity index (χ1) is 15.0. The second kappa shape index (κ2) is 9.90. The van der Waals surface area contributed by atoms with Crippen LogP contribution in [0.15, 0.2) is 65.8 Å². The highest BCUT2D eigenvalue weighted by molar-refractivity contribution is 5.99. The van der Waals surface area contributed by atoms with Crippen molar-refractivity contribution in [1.29, 1.82) is 5.26 Å². The standard InChI is InChI=1S/C24H26N6O/c1-4-19(15-28-18(2)3)14-24(16-25)8-12-30(13-9-24)23(31)20-6-5-10-27-22(20)21-7-11-26-17-29-21/h4-7,10-11,15,17H,2,8-9,12-14H2,1,3H3/b19-4-,28-15?. The fraction of sp³-hybridized carbons (Fsp3) is 0.333. The smallest absolute Gasteiger partial charge is 0.256 e. The molecule has 1 amide bonds. The lowest BCUT2D eigenvalue weighted by Crippen LogP contribution is -2.43. The van der Waals surface area contributed by atoms with Crippen LogP contribution in [0.4, 0.5) is 0 Å². The molecule has 0 atom stereocenters. The van der Waals surface area contributed by atoms with Crippen LogP contribution in [-0.4, -0.2) is 45.1 Å². The van der Waals surface area contributed by atoms with Gasteiger partial charge in [-0.3, -0.25) is 14.8 Å². The summed E-state index contributed by atoms with van der Waals surface area (Å²) in [7, 11) is 0. The number of aliphatic imine (C=N–C) groups is 1. The predicted octanol–water partition coefficient (Wildman–Crippen LogP) is 4.23. The third-order valence-corrected chi connectivity index (χ3v) is 5.47. The molecule has 7 nitrogen and oxygen atoms in total. The molecular weight excluding hydrogens is 388 g/mol. The highest BCUT2D eigenvalue weighted by Crippen LogP contribution is 2.37. The monoisotopic (exact) mass is 414 g/mol. The largest absolute Gasteiger partial charge is 0.338 e. The minimum Gasteiger partial charge on any atom is -0.338 e. The topological polar surface area (TPSA) is 95.1 Å². The van der Waals surface area contributed by atoms with Crippen LogP contribution in [0.1, 0.15) is 43.5 Å². The Morgan fingerprint density at radius 1 is 1.32 bits per heavy atom. The van der Waals surface area contributed by atoms with Crippen molar-refractivity contribution in [1.82, 2.24) is 19.9 Å². The van der Waals surface area contributed by atoms with E-state index in [-0.39, 0.29) is 5.91 Å². The number of hydrogen-bond acceptors (Lipinski definition) is 6. The van der Waals surface area contributed by atoms with Crippen molar-refractivity contribution >= 4 is 12.1 Å². The number of piperidine rings is 1. The van der Waals surface area contributed by atoms with E-state index >= 15 is 0 Å². The molecule has 1 saturated heterocycles. The summed E-state index contributed by atoms with van der Waals surface area (Å²) in [6.45, 7) is 8.59. The van der Waals surface area contributed by atoms with Crippen molar-refractivity contribution in [3.63, 3.8) is 0 Å². The van der Waals surface area contributed by atoms with Gasteiger partial charge in [-0.15, -0.1) is 0 Å². The molecule has 0 bridgehead atoms. The average Bonchev–Trinajstić information content (AvgIpc) is 2.82. The van der Waals surface area contributed by atoms with Gasteiger partial charge in [0.2, 0.25) is 0 Å². The molecule has 7 heteroatoms. The lowest BCUT2D eigenvalue weighted by molar-refractivity contribution is 0.0648. The Labute approximate surface area is 182 Å². The Bertz CT molecular complexity index is 1040. The number of rotatable bonds is 6. The summed E-state index contributed by atoms with van der Waals surface area (Å²) in [6, 6.07) is 7.77. The molecular formula is C24H26N6O. The van der Waals surface area contributed by atoms with Gasteiger partial charge in [-0.2, -0.15) is 5.26 Å². The summed E-state index contributed by atoms with van der Waals surface area (Å²) in [4.78, 5) is 31.9. The van der Waals surface area contributed by atoms with E-state index in [1.165, 1.54) is 6.33 Å². The van der Waals surface area contributed by atoms with E-state index in [2.05, 4.69) is 32.6 Å². The number of carbonyl (C=O) groups excluding carboxylic acids is 1. The molecule has 31 heavy (non-hydrogen) atoms. The van der Waals surface area contributed by atoms with Crippen LogP contribution < -0.4 is 0 Å². The van der Waals surface area contributed by atoms with Crippen molar-refractivity contribution < 1.29 is 4.79 Å². The fourth-order valence-corrected chi connectivity index (χ4v) is 3.66. The number of nitrogens with zero attached hydrogens (tertiary/aromatic N) is 6. The maximum atomic E-state index is 13.3.